The minimum atomic E-state index is -1.13. The summed E-state index contributed by atoms with van der Waals surface area (Å²) in [5.74, 6) is -1.46. The number of rotatable bonds is 7. The van der Waals surface area contributed by atoms with Crippen molar-refractivity contribution in [2.45, 2.75) is 44.8 Å². The Bertz CT molecular complexity index is 372. The quantitative estimate of drug-likeness (QED) is 0.686. The van der Waals surface area contributed by atoms with Gasteiger partial charge in [0, 0.05) is 20.1 Å². The van der Waals surface area contributed by atoms with Gasteiger partial charge in [-0.3, -0.25) is 9.59 Å². The number of hydrogen-bond acceptors (Lipinski definition) is 4. The summed E-state index contributed by atoms with van der Waals surface area (Å²) >= 11 is 0. The molecule has 1 fully saturated rings. The van der Waals surface area contributed by atoms with Gasteiger partial charge in [0.25, 0.3) is 0 Å². The van der Waals surface area contributed by atoms with Gasteiger partial charge in [-0.15, -0.1) is 0 Å². The molecule has 7 heteroatoms. The molecule has 1 rings (SSSR count). The average molecular weight is 286 g/mol. The van der Waals surface area contributed by atoms with Crippen LogP contribution in [0.4, 0.5) is 0 Å². The predicted octanol–water partition coefficient (Wildman–Crippen LogP) is -0.00670. The third-order valence-corrected chi connectivity index (χ3v) is 3.36. The van der Waals surface area contributed by atoms with E-state index >= 15 is 0 Å². The average Bonchev–Trinajstić information content (AvgIpc) is 2.88. The molecule has 0 bridgehead atoms. The maximum Gasteiger partial charge on any atom is 0.334 e. The van der Waals surface area contributed by atoms with Crippen molar-refractivity contribution in [3.8, 4) is 0 Å². The van der Waals surface area contributed by atoms with Crippen molar-refractivity contribution < 1.29 is 24.2 Å². The highest BCUT2D eigenvalue weighted by Gasteiger charge is 2.33. The maximum absolute atomic E-state index is 12.1. The molecule has 114 valence electrons. The summed E-state index contributed by atoms with van der Waals surface area (Å²) < 4.78 is 4.74. The minimum absolute atomic E-state index is 0.0216. The van der Waals surface area contributed by atoms with Crippen LogP contribution in [0.1, 0.15) is 32.6 Å². The molecule has 20 heavy (non-hydrogen) atoms. The second kappa shape index (κ2) is 7.84. The molecule has 0 spiro atoms. The number of carbonyl (C=O) groups excluding carboxylic acids is 2. The van der Waals surface area contributed by atoms with Crippen molar-refractivity contribution in [3.63, 3.8) is 0 Å². The van der Waals surface area contributed by atoms with Gasteiger partial charge in [-0.1, -0.05) is 6.92 Å². The Morgan fingerprint density at radius 2 is 2.15 bits per heavy atom. The highest BCUT2D eigenvalue weighted by Crippen LogP contribution is 2.18. The van der Waals surface area contributed by atoms with Crippen LogP contribution in [0.15, 0.2) is 0 Å². The van der Waals surface area contributed by atoms with E-state index in [1.54, 1.807) is 4.90 Å². The fourth-order valence-electron chi connectivity index (χ4n) is 2.28. The first kappa shape index (κ1) is 16.4. The summed E-state index contributed by atoms with van der Waals surface area (Å²) in [6, 6.07) is -0.486. The third-order valence-electron chi connectivity index (χ3n) is 3.36. The normalized spacial score (nSPS) is 19.7. The number of amides is 2. The molecular weight excluding hydrogens is 264 g/mol. The fourth-order valence-corrected chi connectivity index (χ4v) is 2.28. The van der Waals surface area contributed by atoms with E-state index in [9.17, 15) is 14.4 Å². The summed E-state index contributed by atoms with van der Waals surface area (Å²) in [4.78, 5) is 36.3. The molecule has 2 atom stereocenters. The molecule has 7 nitrogen and oxygen atoms in total. The minimum Gasteiger partial charge on any atom is -0.479 e. The number of carboxylic acids is 1. The molecule has 0 aromatic rings. The second-order valence-corrected chi connectivity index (χ2v) is 4.80. The van der Waals surface area contributed by atoms with Crippen molar-refractivity contribution in [2.75, 3.05) is 20.2 Å². The van der Waals surface area contributed by atoms with E-state index in [2.05, 4.69) is 5.32 Å². The van der Waals surface area contributed by atoms with E-state index < -0.39 is 18.1 Å². The first-order chi connectivity index (χ1) is 9.51. The number of methoxy groups -OCH3 is 1. The number of aliphatic carboxylic acids is 1. The molecule has 0 aromatic heterocycles. The molecule has 1 heterocycles. The van der Waals surface area contributed by atoms with Crippen LogP contribution in [0.5, 0.6) is 0 Å². The summed E-state index contributed by atoms with van der Waals surface area (Å²) in [5.41, 5.74) is 0. The van der Waals surface area contributed by atoms with Crippen molar-refractivity contribution in [1.82, 2.24) is 10.2 Å². The molecule has 2 N–H and O–H groups in total. The number of nitrogens with zero attached hydrogens (tertiary/aromatic N) is 1. The van der Waals surface area contributed by atoms with Crippen molar-refractivity contribution in [2.24, 2.45) is 0 Å². The third kappa shape index (κ3) is 4.19. The Morgan fingerprint density at radius 3 is 2.70 bits per heavy atom. The van der Waals surface area contributed by atoms with E-state index in [1.165, 1.54) is 7.11 Å². The van der Waals surface area contributed by atoms with Crippen LogP contribution in [0.2, 0.25) is 0 Å². The summed E-state index contributed by atoms with van der Waals surface area (Å²) in [7, 11) is 1.28. The van der Waals surface area contributed by atoms with E-state index in [4.69, 9.17) is 9.84 Å². The number of likely N-dealkylation sites (tertiary alicyclic amines) is 1. The molecule has 1 aliphatic heterocycles. The largest absolute Gasteiger partial charge is 0.479 e. The topological polar surface area (TPSA) is 95.9 Å². The SMILES string of the molecule is CCCC(=O)N1CCCC1C(=O)NCC(OC)C(=O)O. The Morgan fingerprint density at radius 1 is 1.45 bits per heavy atom. The number of ether oxygens (including phenoxy) is 1. The monoisotopic (exact) mass is 286 g/mol. The molecule has 1 saturated heterocycles. The van der Waals surface area contributed by atoms with E-state index in [1.807, 2.05) is 6.92 Å². The fraction of sp³-hybridized carbons (Fsp3) is 0.769. The Kier molecular flexibility index (Phi) is 6.44. The van der Waals surface area contributed by atoms with Gasteiger partial charge in [-0.05, 0) is 19.3 Å². The molecule has 0 saturated carbocycles. The van der Waals surface area contributed by atoms with Crippen LogP contribution in [0.3, 0.4) is 0 Å². The first-order valence-electron chi connectivity index (χ1n) is 6.84. The van der Waals surface area contributed by atoms with Gasteiger partial charge in [0.15, 0.2) is 6.10 Å². The van der Waals surface area contributed by atoms with E-state index in [0.29, 0.717) is 19.4 Å². The maximum atomic E-state index is 12.1. The van der Waals surface area contributed by atoms with Gasteiger partial charge < -0.3 is 20.1 Å². The lowest BCUT2D eigenvalue weighted by Gasteiger charge is -2.24. The highest BCUT2D eigenvalue weighted by atomic mass is 16.5. The van der Waals surface area contributed by atoms with Crippen LogP contribution >= 0.6 is 0 Å². The highest BCUT2D eigenvalue weighted by molar-refractivity contribution is 5.88. The van der Waals surface area contributed by atoms with Gasteiger partial charge >= 0.3 is 5.97 Å². The van der Waals surface area contributed by atoms with Gasteiger partial charge in [0.1, 0.15) is 6.04 Å². The summed E-state index contributed by atoms with van der Waals surface area (Å²) in [6.45, 7) is 2.40. The van der Waals surface area contributed by atoms with Gasteiger partial charge in [0.05, 0.1) is 6.54 Å². The molecule has 0 aliphatic carbocycles. The predicted molar refractivity (Wildman–Crippen MR) is 71.1 cm³/mol. The molecular formula is C13H22N2O5. The van der Waals surface area contributed by atoms with Crippen LogP contribution in [0.25, 0.3) is 0 Å². The zero-order valence-corrected chi connectivity index (χ0v) is 11.9. The second-order valence-electron chi connectivity index (χ2n) is 4.80. The summed E-state index contributed by atoms with van der Waals surface area (Å²) in [6.07, 6.45) is 1.51. The van der Waals surface area contributed by atoms with Crippen LogP contribution in [-0.4, -0.2) is 60.1 Å². The summed E-state index contributed by atoms with van der Waals surface area (Å²) in [5, 5.41) is 11.4. The lowest BCUT2D eigenvalue weighted by atomic mass is 10.2. The standard InChI is InChI=1S/C13H22N2O5/c1-3-5-11(16)15-7-4-6-9(15)12(17)14-8-10(20-2)13(18)19/h9-10H,3-8H2,1-2H3,(H,14,17)(H,18,19). The Hall–Kier alpha value is -1.63. The first-order valence-corrected chi connectivity index (χ1v) is 6.84. The Labute approximate surface area is 118 Å². The van der Waals surface area contributed by atoms with Crippen LogP contribution in [-0.2, 0) is 19.1 Å². The molecule has 0 radical (unpaired) electrons. The smallest absolute Gasteiger partial charge is 0.334 e. The number of nitrogens with one attached hydrogen (secondary N) is 1. The molecule has 0 aromatic carbocycles. The zero-order valence-electron chi connectivity index (χ0n) is 11.9. The van der Waals surface area contributed by atoms with Crippen LogP contribution in [0, 0.1) is 0 Å². The van der Waals surface area contributed by atoms with Gasteiger partial charge in [0.2, 0.25) is 11.8 Å². The van der Waals surface area contributed by atoms with Gasteiger partial charge in [-0.2, -0.15) is 0 Å². The lowest BCUT2D eigenvalue weighted by molar-refractivity contribution is -0.148. The Balaban J connectivity index is 2.53. The van der Waals surface area contributed by atoms with Gasteiger partial charge in [-0.25, -0.2) is 4.79 Å². The molecule has 2 amide bonds. The number of hydrogen-bond donors (Lipinski definition) is 2. The molecule has 1 aliphatic rings. The van der Waals surface area contributed by atoms with E-state index in [-0.39, 0.29) is 18.4 Å². The van der Waals surface area contributed by atoms with Crippen molar-refractivity contribution in [3.05, 3.63) is 0 Å². The van der Waals surface area contributed by atoms with Crippen molar-refractivity contribution in [1.29, 1.82) is 0 Å². The van der Waals surface area contributed by atoms with E-state index in [0.717, 1.165) is 12.8 Å². The number of carboxylic acid groups (broad SMARTS) is 1. The lowest BCUT2D eigenvalue weighted by Crippen LogP contribution is -2.48. The molecule has 2 unspecified atom stereocenters. The van der Waals surface area contributed by atoms with Crippen LogP contribution < -0.4 is 5.32 Å². The number of carbonyl (C=O) groups is 3. The zero-order chi connectivity index (χ0) is 15.1. The van der Waals surface area contributed by atoms with Crippen molar-refractivity contribution >= 4 is 17.8 Å².